The number of hydrogen-bond donors (Lipinski definition) is 3. The topological polar surface area (TPSA) is 173 Å². The van der Waals surface area contributed by atoms with E-state index in [1.54, 1.807) is 13.8 Å². The molecule has 0 bridgehead atoms. The molecule has 0 radical (unpaired) electrons. The van der Waals surface area contributed by atoms with Gasteiger partial charge in [0.25, 0.3) is 0 Å². The van der Waals surface area contributed by atoms with E-state index in [1.165, 1.54) is 4.90 Å². The summed E-state index contributed by atoms with van der Waals surface area (Å²) in [5, 5.41) is 29.6. The van der Waals surface area contributed by atoms with Crippen LogP contribution in [0.5, 0.6) is 0 Å². The number of benzene rings is 1. The van der Waals surface area contributed by atoms with Gasteiger partial charge in [0.1, 0.15) is 12.1 Å². The number of esters is 1. The van der Waals surface area contributed by atoms with Crippen LogP contribution in [-0.4, -0.2) is 76.2 Å². The van der Waals surface area contributed by atoms with Crippen LogP contribution >= 0.6 is 0 Å². The van der Waals surface area contributed by atoms with Crippen molar-refractivity contribution < 1.29 is 95.4 Å². The smallest absolute Gasteiger partial charge is 0.545 e. The summed E-state index contributed by atoms with van der Waals surface area (Å²) in [4.78, 5) is 56.7. The van der Waals surface area contributed by atoms with Crippen molar-refractivity contribution in [3.8, 4) is 0 Å². The molecule has 0 aromatic heterocycles. The van der Waals surface area contributed by atoms with Crippen molar-refractivity contribution in [3.05, 3.63) is 48.0 Å². The number of likely N-dealkylation sites (tertiary alicyclic amines) is 1. The Bertz CT molecular complexity index is 892. The molecule has 1 aromatic rings. The second kappa shape index (κ2) is 18.2. The molecule has 11 nitrogen and oxygen atoms in total. The van der Waals surface area contributed by atoms with Gasteiger partial charge in [-0.3, -0.25) is 14.9 Å². The number of ether oxygens (including phenoxy) is 1. The minimum atomic E-state index is -1.51. The van der Waals surface area contributed by atoms with Crippen molar-refractivity contribution in [2.24, 2.45) is 0 Å². The Hall–Kier alpha value is -2.09. The molecule has 12 heteroatoms. The van der Waals surface area contributed by atoms with Gasteiger partial charge in [-0.15, -0.1) is 0 Å². The van der Waals surface area contributed by atoms with Crippen molar-refractivity contribution in [2.75, 3.05) is 13.2 Å². The molecule has 0 spiro atoms. The van der Waals surface area contributed by atoms with E-state index in [0.717, 1.165) is 5.56 Å². The second-order valence-electron chi connectivity index (χ2n) is 7.74. The number of nitrogens with zero attached hydrogens (tertiary/aromatic N) is 1. The summed E-state index contributed by atoms with van der Waals surface area (Å²) in [5.74, 6) is -4.49. The third kappa shape index (κ3) is 12.7. The molecule has 1 aromatic carbocycles. The Morgan fingerprint density at radius 1 is 1.17 bits per heavy atom. The minimum Gasteiger partial charge on any atom is -0.545 e. The van der Waals surface area contributed by atoms with Crippen LogP contribution in [0.2, 0.25) is 0 Å². The summed E-state index contributed by atoms with van der Waals surface area (Å²) in [7, 11) is 0. The van der Waals surface area contributed by atoms with E-state index in [-0.39, 0.29) is 63.9 Å². The third-order valence-corrected chi connectivity index (χ3v) is 5.14. The van der Waals surface area contributed by atoms with Crippen LogP contribution in [0, 0.1) is 0 Å². The first-order valence-electron chi connectivity index (χ1n) is 11.2. The van der Waals surface area contributed by atoms with Crippen LogP contribution in [0.3, 0.4) is 0 Å². The van der Waals surface area contributed by atoms with Crippen LogP contribution in [0.15, 0.2) is 42.5 Å². The van der Waals surface area contributed by atoms with Crippen LogP contribution < -0.4 is 61.8 Å². The number of aryl methyl sites for hydroxylation is 1. The summed E-state index contributed by atoms with van der Waals surface area (Å²) in [5.41, 5.74) is 1.10. The normalized spacial score (nSPS) is 16.2. The first kappa shape index (κ1) is 33.9. The van der Waals surface area contributed by atoms with Crippen LogP contribution in [0.1, 0.15) is 38.7 Å². The molecule has 0 unspecified atom stereocenters. The van der Waals surface area contributed by atoms with Crippen LogP contribution in [-0.2, 0) is 35.1 Å². The van der Waals surface area contributed by atoms with Gasteiger partial charge in [-0.25, -0.2) is 9.59 Å². The maximum Gasteiger partial charge on any atom is 1.00 e. The van der Waals surface area contributed by atoms with Crippen LogP contribution in [0.4, 0.5) is 0 Å². The molecular weight excluding hydrogens is 499 g/mol. The quantitative estimate of drug-likeness (QED) is 0.152. The van der Waals surface area contributed by atoms with E-state index in [4.69, 9.17) is 9.84 Å². The zero-order valence-corrected chi connectivity index (χ0v) is 23.8. The number of rotatable bonds is 11. The van der Waals surface area contributed by atoms with Gasteiger partial charge in [0.05, 0.1) is 18.6 Å². The average Bonchev–Trinajstić information content (AvgIpc) is 3.31. The van der Waals surface area contributed by atoms with Crippen LogP contribution in [0.25, 0.3) is 0 Å². The molecule has 1 heterocycles. The molecular formula is C24H31KN2O9. The zero-order chi connectivity index (χ0) is 26.4. The molecule has 0 saturated carbocycles. The molecule has 36 heavy (non-hydrogen) atoms. The van der Waals surface area contributed by atoms with E-state index in [0.29, 0.717) is 44.4 Å². The van der Waals surface area contributed by atoms with Gasteiger partial charge >= 0.3 is 69.3 Å². The van der Waals surface area contributed by atoms with Crippen molar-refractivity contribution >= 4 is 29.8 Å². The fourth-order valence-electron chi connectivity index (χ4n) is 3.52. The molecule has 3 N–H and O–H groups in total. The largest absolute Gasteiger partial charge is 1.00 e. The first-order chi connectivity index (χ1) is 16.6. The number of nitrogens with one attached hydrogen (secondary N) is 1. The van der Waals surface area contributed by atoms with E-state index in [1.807, 2.05) is 30.3 Å². The monoisotopic (exact) mass is 530 g/mol. The number of aliphatic carboxylic acids is 3. The first-order valence-corrected chi connectivity index (χ1v) is 11.2. The number of carboxylic acids is 3. The summed E-state index contributed by atoms with van der Waals surface area (Å²) >= 11 is 0. The van der Waals surface area contributed by atoms with Gasteiger partial charge in [-0.2, -0.15) is 0 Å². The second-order valence-corrected chi connectivity index (χ2v) is 7.74. The number of amides is 1. The molecule has 0 aliphatic carbocycles. The van der Waals surface area contributed by atoms with E-state index in [2.05, 4.69) is 5.32 Å². The molecule has 1 amide bonds. The summed E-state index contributed by atoms with van der Waals surface area (Å²) in [6.45, 7) is 4.09. The molecule has 2 rings (SSSR count). The Morgan fingerprint density at radius 2 is 1.81 bits per heavy atom. The summed E-state index contributed by atoms with van der Waals surface area (Å²) < 4.78 is 5.14. The average molecular weight is 531 g/mol. The fraction of sp³-hybridized carbons (Fsp3) is 0.458. The van der Waals surface area contributed by atoms with E-state index < -0.39 is 42.0 Å². The van der Waals surface area contributed by atoms with Gasteiger partial charge < -0.3 is 29.8 Å². The Labute approximate surface area is 252 Å². The molecule has 192 valence electrons. The van der Waals surface area contributed by atoms with Gasteiger partial charge in [0.15, 0.2) is 0 Å². The van der Waals surface area contributed by atoms with Gasteiger partial charge in [0.2, 0.25) is 5.91 Å². The van der Waals surface area contributed by atoms with Gasteiger partial charge in [-0.1, -0.05) is 30.3 Å². The predicted octanol–water partition coefficient (Wildman–Crippen LogP) is -3.01. The summed E-state index contributed by atoms with van der Waals surface area (Å²) in [6.07, 6.45) is 3.23. The molecule has 1 aliphatic rings. The van der Waals surface area contributed by atoms with E-state index in [9.17, 15) is 34.2 Å². The van der Waals surface area contributed by atoms with Crippen molar-refractivity contribution in [1.82, 2.24) is 10.2 Å². The summed E-state index contributed by atoms with van der Waals surface area (Å²) in [6, 6.07) is 7.69. The number of carbonyl (C=O) groups is 5. The molecule has 3 atom stereocenters. The maximum atomic E-state index is 12.7. The molecule has 1 fully saturated rings. The maximum absolute atomic E-state index is 12.7. The SMILES string of the molecule is CCOC(=O)[C@H](CCc1ccccc1)N[C@@H](C)C(=O)N1CCC[C@H]1C(=O)O.O=C([O-])/C=C\C(=O)O.[K+]. The van der Waals surface area contributed by atoms with Crippen molar-refractivity contribution in [2.45, 2.75) is 57.7 Å². The molecule has 1 aliphatic heterocycles. The minimum absolute atomic E-state index is 0. The van der Waals surface area contributed by atoms with Crippen molar-refractivity contribution in [3.63, 3.8) is 0 Å². The number of hydrogen-bond acceptors (Lipinski definition) is 8. The van der Waals surface area contributed by atoms with Gasteiger partial charge in [0, 0.05) is 12.6 Å². The number of carbonyl (C=O) groups excluding carboxylic acids is 3. The molecule has 1 saturated heterocycles. The standard InChI is InChI=1S/C20H28N2O5.C4H4O4.K/c1-3-27-20(26)16(12-11-15-8-5-4-6-9-15)21-14(2)18(23)22-13-7-10-17(22)19(24)25;5-3(6)1-2-4(7)8;/h4-6,8-9,14,16-17,21H,3,7,10-13H2,1-2H3,(H,24,25);1-2H,(H,5,6)(H,7,8);/q;;+1/p-1/b;2-1-;/t14-,16-,17-;;/m0../s1. The van der Waals surface area contributed by atoms with Gasteiger partial charge in [-0.05, 0) is 51.2 Å². The van der Waals surface area contributed by atoms with E-state index >= 15 is 0 Å². The number of carboxylic acid groups (broad SMARTS) is 3. The zero-order valence-electron chi connectivity index (χ0n) is 20.7. The Balaban J connectivity index is 0.00000118. The Morgan fingerprint density at radius 3 is 2.31 bits per heavy atom. The Kier molecular flexibility index (Phi) is 17.1. The van der Waals surface area contributed by atoms with Crippen molar-refractivity contribution in [1.29, 1.82) is 0 Å². The fourth-order valence-corrected chi connectivity index (χ4v) is 3.52. The predicted molar refractivity (Wildman–Crippen MR) is 122 cm³/mol. The third-order valence-electron chi connectivity index (χ3n) is 5.14.